The fourth-order valence-electron chi connectivity index (χ4n) is 5.10. The molecule has 0 bridgehead atoms. The smallest absolute Gasteiger partial charge is 0.194 e. The van der Waals surface area contributed by atoms with Crippen molar-refractivity contribution in [2.75, 3.05) is 0 Å². The predicted molar refractivity (Wildman–Crippen MR) is 126 cm³/mol. The molecule has 7 rings (SSSR count). The van der Waals surface area contributed by atoms with E-state index in [2.05, 4.69) is 24.3 Å². The van der Waals surface area contributed by atoms with Gasteiger partial charge < -0.3 is 0 Å². The summed E-state index contributed by atoms with van der Waals surface area (Å²) in [5.74, 6) is 0. The van der Waals surface area contributed by atoms with Crippen LogP contribution in [0.25, 0.3) is 64.6 Å². The zero-order chi connectivity index (χ0) is 20.0. The summed E-state index contributed by atoms with van der Waals surface area (Å²) in [6.45, 7) is 0. The average Bonchev–Trinajstić information content (AvgIpc) is 3.23. The Morgan fingerprint density at radius 2 is 1.00 bits per heavy atom. The maximum atomic E-state index is 13.3. The molecule has 0 N–H and O–H groups in total. The summed E-state index contributed by atoms with van der Waals surface area (Å²) in [5, 5.41) is 11.0. The zero-order valence-electron chi connectivity index (χ0n) is 15.9. The van der Waals surface area contributed by atoms with E-state index in [-0.39, 0.29) is 10.9 Å². The third kappa shape index (κ3) is 1.84. The Bertz CT molecular complexity index is 1930. The first-order valence-electron chi connectivity index (χ1n) is 10.0. The second-order valence-corrected chi connectivity index (χ2v) is 8.06. The lowest BCUT2D eigenvalue weighted by atomic mass is 9.99. The van der Waals surface area contributed by atoms with Gasteiger partial charge in [-0.1, -0.05) is 54.6 Å². The van der Waals surface area contributed by atoms with Crippen molar-refractivity contribution in [1.82, 2.24) is 0 Å². The standard InChI is InChI=1S/C28H14O2/c29-27-19-8-4-3-7-18(19)22-13-23-25(14-24(22)27)28(30)20-10-9-17-11-15-5-1-2-6-16(15)12-21(17)26(20)23/h1-14H. The molecule has 0 aliphatic rings. The van der Waals surface area contributed by atoms with Gasteiger partial charge in [0.2, 0.25) is 0 Å². The Balaban J connectivity index is 1.77. The quantitative estimate of drug-likeness (QED) is 0.293. The number of hydrogen-bond acceptors (Lipinski definition) is 2. The molecule has 2 nitrogen and oxygen atoms in total. The third-order valence-electron chi connectivity index (χ3n) is 6.51. The largest absolute Gasteiger partial charge is 0.289 e. The molecule has 0 aliphatic heterocycles. The number of rotatable bonds is 0. The summed E-state index contributed by atoms with van der Waals surface area (Å²) in [6, 6.07) is 28.1. The predicted octanol–water partition coefficient (Wildman–Crippen LogP) is 6.20. The lowest BCUT2D eigenvalue weighted by molar-refractivity contribution is 1.79. The van der Waals surface area contributed by atoms with Crippen molar-refractivity contribution in [2.45, 2.75) is 0 Å². The minimum Gasteiger partial charge on any atom is -0.289 e. The molecule has 0 radical (unpaired) electrons. The van der Waals surface area contributed by atoms with Gasteiger partial charge in [-0.2, -0.15) is 0 Å². The van der Waals surface area contributed by atoms with Crippen molar-refractivity contribution in [3.05, 3.63) is 105 Å². The molecular formula is C28H14O2. The van der Waals surface area contributed by atoms with Gasteiger partial charge in [0.15, 0.2) is 10.9 Å². The Labute approximate surface area is 170 Å². The first-order valence-corrected chi connectivity index (χ1v) is 10.0. The third-order valence-corrected chi connectivity index (χ3v) is 6.51. The Kier molecular flexibility index (Phi) is 2.80. The maximum absolute atomic E-state index is 13.3. The fraction of sp³-hybridized carbons (Fsp3) is 0. The van der Waals surface area contributed by atoms with Crippen LogP contribution in [0.15, 0.2) is 94.5 Å². The first-order chi connectivity index (χ1) is 14.7. The molecule has 0 heterocycles. The van der Waals surface area contributed by atoms with E-state index < -0.39 is 0 Å². The van der Waals surface area contributed by atoms with Crippen molar-refractivity contribution in [1.29, 1.82) is 0 Å². The SMILES string of the molecule is O=c1c2ccccc2c2cc3c(cc12)c(=O)c1ccc2cc4ccccc4cc2c13. The minimum absolute atomic E-state index is 0.00150. The molecule has 7 aromatic rings. The summed E-state index contributed by atoms with van der Waals surface area (Å²) >= 11 is 0. The van der Waals surface area contributed by atoms with E-state index in [0.717, 1.165) is 43.1 Å². The lowest BCUT2D eigenvalue weighted by Gasteiger charge is -2.05. The van der Waals surface area contributed by atoms with E-state index in [1.165, 1.54) is 5.39 Å². The van der Waals surface area contributed by atoms with Gasteiger partial charge in [-0.25, -0.2) is 0 Å². The van der Waals surface area contributed by atoms with E-state index >= 15 is 0 Å². The molecule has 2 heteroatoms. The molecule has 138 valence electrons. The van der Waals surface area contributed by atoms with Gasteiger partial charge in [-0.15, -0.1) is 0 Å². The summed E-state index contributed by atoms with van der Waals surface area (Å²) < 4.78 is 0. The lowest BCUT2D eigenvalue weighted by Crippen LogP contribution is -1.96. The van der Waals surface area contributed by atoms with E-state index in [9.17, 15) is 9.59 Å². The zero-order valence-corrected chi connectivity index (χ0v) is 15.9. The van der Waals surface area contributed by atoms with Crippen molar-refractivity contribution in [3.63, 3.8) is 0 Å². The van der Waals surface area contributed by atoms with Crippen molar-refractivity contribution in [2.24, 2.45) is 0 Å². The highest BCUT2D eigenvalue weighted by Crippen LogP contribution is 2.36. The molecule has 0 atom stereocenters. The fourth-order valence-corrected chi connectivity index (χ4v) is 5.10. The molecule has 0 saturated carbocycles. The van der Waals surface area contributed by atoms with Gasteiger partial charge in [0.1, 0.15) is 0 Å². The van der Waals surface area contributed by atoms with E-state index in [0.29, 0.717) is 16.2 Å². The van der Waals surface area contributed by atoms with Gasteiger partial charge in [0.25, 0.3) is 0 Å². The molecule has 0 saturated heterocycles. The summed E-state index contributed by atoms with van der Waals surface area (Å²) in [6.07, 6.45) is 0. The molecular weight excluding hydrogens is 368 g/mol. The van der Waals surface area contributed by atoms with E-state index in [1.807, 2.05) is 60.7 Å². The molecule has 0 fully saturated rings. The highest BCUT2D eigenvalue weighted by Gasteiger charge is 2.17. The Hall–Kier alpha value is -4.04. The van der Waals surface area contributed by atoms with Crippen LogP contribution < -0.4 is 10.9 Å². The number of hydrogen-bond donors (Lipinski definition) is 0. The summed E-state index contributed by atoms with van der Waals surface area (Å²) in [7, 11) is 0. The monoisotopic (exact) mass is 382 g/mol. The van der Waals surface area contributed by atoms with E-state index in [4.69, 9.17) is 0 Å². The van der Waals surface area contributed by atoms with Gasteiger partial charge >= 0.3 is 0 Å². The molecule has 0 aromatic heterocycles. The van der Waals surface area contributed by atoms with Gasteiger partial charge in [-0.3, -0.25) is 9.59 Å². The highest BCUT2D eigenvalue weighted by atomic mass is 16.1. The van der Waals surface area contributed by atoms with Crippen LogP contribution in [0.3, 0.4) is 0 Å². The maximum Gasteiger partial charge on any atom is 0.194 e. The van der Waals surface area contributed by atoms with Crippen LogP contribution in [0.5, 0.6) is 0 Å². The van der Waals surface area contributed by atoms with Gasteiger partial charge in [-0.05, 0) is 68.0 Å². The average molecular weight is 382 g/mol. The van der Waals surface area contributed by atoms with Gasteiger partial charge in [0, 0.05) is 26.9 Å². The molecule has 30 heavy (non-hydrogen) atoms. The summed E-state index contributed by atoms with van der Waals surface area (Å²) in [4.78, 5) is 26.2. The van der Waals surface area contributed by atoms with Crippen LogP contribution in [0.4, 0.5) is 0 Å². The highest BCUT2D eigenvalue weighted by molar-refractivity contribution is 6.28. The van der Waals surface area contributed by atoms with Crippen molar-refractivity contribution < 1.29 is 0 Å². The molecule has 7 aromatic carbocycles. The molecule has 0 spiro atoms. The topological polar surface area (TPSA) is 34.1 Å². The van der Waals surface area contributed by atoms with Crippen molar-refractivity contribution in [3.8, 4) is 0 Å². The minimum atomic E-state index is 0.00150. The van der Waals surface area contributed by atoms with Crippen LogP contribution in [-0.4, -0.2) is 0 Å². The molecule has 0 unspecified atom stereocenters. The van der Waals surface area contributed by atoms with Gasteiger partial charge in [0.05, 0.1) is 0 Å². The van der Waals surface area contributed by atoms with Crippen LogP contribution in [0.2, 0.25) is 0 Å². The normalized spacial score (nSPS) is 12.3. The molecule has 0 amide bonds. The number of fused-ring (bicyclic) bond motifs is 9. The van der Waals surface area contributed by atoms with Crippen LogP contribution in [-0.2, 0) is 0 Å². The van der Waals surface area contributed by atoms with Crippen LogP contribution in [0, 0.1) is 0 Å². The Morgan fingerprint density at radius 1 is 0.367 bits per heavy atom. The summed E-state index contributed by atoms with van der Waals surface area (Å²) in [5.41, 5.74) is 0.00428. The van der Waals surface area contributed by atoms with Crippen LogP contribution >= 0.6 is 0 Å². The second kappa shape index (κ2) is 5.31. The van der Waals surface area contributed by atoms with Crippen LogP contribution in [0.1, 0.15) is 0 Å². The van der Waals surface area contributed by atoms with Crippen molar-refractivity contribution >= 4 is 64.6 Å². The van der Waals surface area contributed by atoms with E-state index in [1.54, 1.807) is 0 Å². The Morgan fingerprint density at radius 3 is 1.83 bits per heavy atom. The molecule has 0 aliphatic carbocycles. The first kappa shape index (κ1) is 15.8. The second-order valence-electron chi connectivity index (χ2n) is 8.06. The number of benzene rings is 5.